The van der Waals surface area contributed by atoms with Crippen LogP contribution in [-0.4, -0.2) is 34.7 Å². The van der Waals surface area contributed by atoms with Gasteiger partial charge in [-0.05, 0) is 30.8 Å². The Morgan fingerprint density at radius 3 is 3.00 bits per heavy atom. The molecule has 0 fully saturated rings. The van der Waals surface area contributed by atoms with Gasteiger partial charge in [0.15, 0.2) is 4.77 Å². The van der Waals surface area contributed by atoms with E-state index in [0.29, 0.717) is 22.3 Å². The SMILES string of the molecule is CCCC[NH+](C)CCn1c(=S)[nH]c2ncccc2c1=O. The van der Waals surface area contributed by atoms with Crippen LogP contribution < -0.4 is 10.5 Å². The molecule has 0 bridgehead atoms. The molecule has 6 heteroatoms. The molecule has 0 aliphatic heterocycles. The Balaban J connectivity index is 2.22. The predicted molar refractivity (Wildman–Crippen MR) is 82.7 cm³/mol. The maximum atomic E-state index is 12.4. The van der Waals surface area contributed by atoms with Crippen LogP contribution in [0.25, 0.3) is 11.0 Å². The highest BCUT2D eigenvalue weighted by Crippen LogP contribution is 2.01. The maximum Gasteiger partial charge on any atom is 0.264 e. The molecule has 1 unspecified atom stereocenters. The molecule has 2 aromatic rings. The minimum Gasteiger partial charge on any atom is -0.336 e. The molecule has 5 nitrogen and oxygen atoms in total. The van der Waals surface area contributed by atoms with Crippen LogP contribution in [0.5, 0.6) is 0 Å². The average molecular weight is 293 g/mol. The molecule has 0 radical (unpaired) electrons. The Labute approximate surface area is 123 Å². The first-order valence-electron chi connectivity index (χ1n) is 7.02. The van der Waals surface area contributed by atoms with E-state index in [1.54, 1.807) is 22.9 Å². The smallest absolute Gasteiger partial charge is 0.264 e. The molecular weight excluding hydrogens is 272 g/mol. The summed E-state index contributed by atoms with van der Waals surface area (Å²) in [6, 6.07) is 3.55. The summed E-state index contributed by atoms with van der Waals surface area (Å²) < 4.78 is 2.08. The van der Waals surface area contributed by atoms with E-state index in [-0.39, 0.29) is 5.56 Å². The number of aromatic nitrogens is 3. The minimum absolute atomic E-state index is 0.0554. The van der Waals surface area contributed by atoms with Crippen LogP contribution in [0.15, 0.2) is 23.1 Å². The van der Waals surface area contributed by atoms with E-state index in [1.807, 2.05) is 0 Å². The van der Waals surface area contributed by atoms with E-state index in [1.165, 1.54) is 17.7 Å². The van der Waals surface area contributed by atoms with E-state index in [2.05, 4.69) is 23.9 Å². The van der Waals surface area contributed by atoms with Crippen LogP contribution in [0.2, 0.25) is 0 Å². The van der Waals surface area contributed by atoms with Gasteiger partial charge in [-0.2, -0.15) is 0 Å². The summed E-state index contributed by atoms with van der Waals surface area (Å²) in [7, 11) is 2.15. The van der Waals surface area contributed by atoms with Crippen LogP contribution in [0.3, 0.4) is 0 Å². The van der Waals surface area contributed by atoms with Gasteiger partial charge in [0.1, 0.15) is 5.65 Å². The van der Waals surface area contributed by atoms with Gasteiger partial charge in [0.25, 0.3) is 5.56 Å². The highest BCUT2D eigenvalue weighted by molar-refractivity contribution is 7.71. The first-order valence-corrected chi connectivity index (χ1v) is 7.43. The summed E-state index contributed by atoms with van der Waals surface area (Å²) in [4.78, 5) is 21.0. The molecule has 2 aromatic heterocycles. The maximum absolute atomic E-state index is 12.4. The molecule has 0 aliphatic rings. The average Bonchev–Trinajstić information content (AvgIpc) is 2.45. The van der Waals surface area contributed by atoms with Gasteiger partial charge < -0.3 is 9.88 Å². The number of hydrogen-bond acceptors (Lipinski definition) is 3. The Bertz CT molecular complexity index is 691. The topological polar surface area (TPSA) is 55.1 Å². The minimum atomic E-state index is -0.0554. The second-order valence-corrected chi connectivity index (χ2v) is 5.48. The summed E-state index contributed by atoms with van der Waals surface area (Å²) in [5.41, 5.74) is 0.505. The van der Waals surface area contributed by atoms with Crippen LogP contribution in [0.4, 0.5) is 0 Å². The molecule has 20 heavy (non-hydrogen) atoms. The zero-order valence-electron chi connectivity index (χ0n) is 12.0. The van der Waals surface area contributed by atoms with Gasteiger partial charge in [-0.15, -0.1) is 0 Å². The lowest BCUT2D eigenvalue weighted by Crippen LogP contribution is -3.09. The molecule has 0 amide bonds. The number of pyridine rings is 1. The standard InChI is InChI=1S/C14H20N4OS/c1-3-4-8-17(2)9-10-18-13(19)11-6-5-7-15-12(11)16-14(18)20/h5-7H,3-4,8-10H2,1-2H3,(H,15,16,20)/p+1. The molecule has 0 saturated heterocycles. The number of nitrogens with one attached hydrogen (secondary N) is 2. The number of hydrogen-bond donors (Lipinski definition) is 2. The number of H-pyrrole nitrogens is 1. The number of rotatable bonds is 6. The fraction of sp³-hybridized carbons (Fsp3) is 0.500. The zero-order valence-corrected chi connectivity index (χ0v) is 12.8. The van der Waals surface area contributed by atoms with E-state index in [0.717, 1.165) is 13.1 Å². The van der Waals surface area contributed by atoms with Crippen molar-refractivity contribution in [2.45, 2.75) is 26.3 Å². The Morgan fingerprint density at radius 1 is 1.45 bits per heavy atom. The zero-order chi connectivity index (χ0) is 14.5. The second-order valence-electron chi connectivity index (χ2n) is 5.10. The molecule has 0 aliphatic carbocycles. The third kappa shape index (κ3) is 3.32. The Kier molecular flexibility index (Phi) is 5.03. The van der Waals surface area contributed by atoms with Crippen molar-refractivity contribution in [2.75, 3.05) is 20.1 Å². The molecule has 108 valence electrons. The molecule has 0 aromatic carbocycles. The summed E-state index contributed by atoms with van der Waals surface area (Å²) in [6.45, 7) is 4.83. The molecule has 2 N–H and O–H groups in total. The summed E-state index contributed by atoms with van der Waals surface area (Å²) >= 11 is 5.26. The fourth-order valence-electron chi connectivity index (χ4n) is 2.19. The third-order valence-corrected chi connectivity index (χ3v) is 3.80. The highest BCUT2D eigenvalue weighted by Gasteiger charge is 2.08. The van der Waals surface area contributed by atoms with Crippen molar-refractivity contribution in [3.63, 3.8) is 0 Å². The first-order chi connectivity index (χ1) is 9.63. The van der Waals surface area contributed by atoms with Crippen molar-refractivity contribution in [2.24, 2.45) is 0 Å². The van der Waals surface area contributed by atoms with Gasteiger partial charge in [0.2, 0.25) is 0 Å². The van der Waals surface area contributed by atoms with Gasteiger partial charge in [-0.1, -0.05) is 13.3 Å². The summed E-state index contributed by atoms with van der Waals surface area (Å²) in [5.74, 6) is 0. The van der Waals surface area contributed by atoms with E-state index >= 15 is 0 Å². The number of unbranched alkanes of at least 4 members (excludes halogenated alkanes) is 1. The molecule has 1 atom stereocenters. The highest BCUT2D eigenvalue weighted by atomic mass is 32.1. The number of nitrogens with zero attached hydrogens (tertiary/aromatic N) is 2. The van der Waals surface area contributed by atoms with Crippen molar-refractivity contribution >= 4 is 23.3 Å². The molecular formula is C14H21N4OS+. The van der Waals surface area contributed by atoms with Crippen molar-refractivity contribution < 1.29 is 4.90 Å². The van der Waals surface area contributed by atoms with Crippen molar-refractivity contribution in [1.82, 2.24) is 14.5 Å². The van der Waals surface area contributed by atoms with Crippen molar-refractivity contribution in [3.05, 3.63) is 33.5 Å². The lowest BCUT2D eigenvalue weighted by molar-refractivity contribution is -0.880. The second kappa shape index (κ2) is 6.76. The Hall–Kier alpha value is -1.53. The van der Waals surface area contributed by atoms with Crippen LogP contribution in [0.1, 0.15) is 19.8 Å². The van der Waals surface area contributed by atoms with E-state index < -0.39 is 0 Å². The van der Waals surface area contributed by atoms with Crippen LogP contribution in [0, 0.1) is 4.77 Å². The third-order valence-electron chi connectivity index (χ3n) is 3.47. The molecule has 2 rings (SSSR count). The van der Waals surface area contributed by atoms with Crippen LogP contribution in [-0.2, 0) is 6.54 Å². The number of fused-ring (bicyclic) bond motifs is 1. The van der Waals surface area contributed by atoms with Gasteiger partial charge in [0.05, 0.1) is 32.1 Å². The molecule has 0 spiro atoms. The predicted octanol–water partition coefficient (Wildman–Crippen LogP) is 0.769. The lowest BCUT2D eigenvalue weighted by Gasteiger charge is -2.14. The van der Waals surface area contributed by atoms with Crippen LogP contribution >= 0.6 is 12.2 Å². The quantitative estimate of drug-likeness (QED) is 0.774. The normalized spacial score (nSPS) is 12.7. The lowest BCUT2D eigenvalue weighted by atomic mass is 10.3. The number of aromatic amines is 1. The number of quaternary nitrogens is 1. The fourth-order valence-corrected chi connectivity index (χ4v) is 2.46. The van der Waals surface area contributed by atoms with Crippen molar-refractivity contribution in [3.8, 4) is 0 Å². The van der Waals surface area contributed by atoms with Gasteiger partial charge in [-0.3, -0.25) is 9.36 Å². The van der Waals surface area contributed by atoms with Gasteiger partial charge in [0, 0.05) is 6.20 Å². The molecule has 2 heterocycles. The molecule has 0 saturated carbocycles. The Morgan fingerprint density at radius 2 is 2.25 bits per heavy atom. The number of likely N-dealkylation sites (N-methyl/N-ethyl adjacent to an activating group) is 1. The van der Waals surface area contributed by atoms with Gasteiger partial charge in [-0.25, -0.2) is 4.98 Å². The van der Waals surface area contributed by atoms with Gasteiger partial charge >= 0.3 is 0 Å². The van der Waals surface area contributed by atoms with E-state index in [9.17, 15) is 4.79 Å². The monoisotopic (exact) mass is 293 g/mol. The van der Waals surface area contributed by atoms with E-state index in [4.69, 9.17) is 12.2 Å². The summed E-state index contributed by atoms with van der Waals surface area (Å²) in [6.07, 6.45) is 4.05. The largest absolute Gasteiger partial charge is 0.336 e. The summed E-state index contributed by atoms with van der Waals surface area (Å²) in [5, 5.41) is 0.590. The first kappa shape index (κ1) is 14.9. The van der Waals surface area contributed by atoms with Crippen molar-refractivity contribution in [1.29, 1.82) is 0 Å².